The zero-order chi connectivity index (χ0) is 52.9. The van der Waals surface area contributed by atoms with Gasteiger partial charge in [-0.2, -0.15) is 0 Å². The third kappa shape index (κ3) is 60.1. The van der Waals surface area contributed by atoms with Crippen molar-refractivity contribution < 1.29 is 28.6 Å². The first-order chi connectivity index (χ1) is 36.0. The second kappa shape index (κ2) is 61.9. The summed E-state index contributed by atoms with van der Waals surface area (Å²) >= 11 is 0. The highest BCUT2D eigenvalue weighted by atomic mass is 16.6. The van der Waals surface area contributed by atoms with Crippen molar-refractivity contribution in [3.8, 4) is 0 Å². The minimum atomic E-state index is -0.782. The summed E-state index contributed by atoms with van der Waals surface area (Å²) in [4.78, 5) is 38.3. The van der Waals surface area contributed by atoms with Crippen molar-refractivity contribution in [2.75, 3.05) is 13.2 Å². The van der Waals surface area contributed by atoms with Crippen LogP contribution in [0, 0.1) is 0 Å². The molecule has 0 fully saturated rings. The second-order valence-electron chi connectivity index (χ2n) is 21.6. The van der Waals surface area contributed by atoms with Crippen LogP contribution >= 0.6 is 0 Å². The summed E-state index contributed by atoms with van der Waals surface area (Å²) in [6.07, 6.45) is 76.9. The fourth-order valence-electron chi connectivity index (χ4n) is 9.51. The van der Waals surface area contributed by atoms with E-state index in [1.54, 1.807) is 0 Å². The van der Waals surface area contributed by atoms with Gasteiger partial charge < -0.3 is 14.2 Å². The van der Waals surface area contributed by atoms with Gasteiger partial charge in [0.1, 0.15) is 13.2 Å². The molecule has 6 heteroatoms. The SMILES string of the molecule is CC/C=C\C/C=C\C/C=C\CCCCCCCC(=O)OCC(COC(=O)CCCCCCCCCCCCCCCCCCCCCCCC)OC(=O)CCCCCCCCC/C=C\CCCCCCCCC. The van der Waals surface area contributed by atoms with Crippen LogP contribution in [0.4, 0.5) is 0 Å². The van der Waals surface area contributed by atoms with Gasteiger partial charge >= 0.3 is 17.9 Å². The highest BCUT2D eigenvalue weighted by molar-refractivity contribution is 5.71. The van der Waals surface area contributed by atoms with Gasteiger partial charge in [-0.25, -0.2) is 0 Å². The lowest BCUT2D eigenvalue weighted by Gasteiger charge is -2.18. The van der Waals surface area contributed by atoms with Crippen molar-refractivity contribution in [3.63, 3.8) is 0 Å². The lowest BCUT2D eigenvalue weighted by molar-refractivity contribution is -0.167. The molecule has 0 N–H and O–H groups in total. The van der Waals surface area contributed by atoms with E-state index in [9.17, 15) is 14.4 Å². The number of hydrogen-bond donors (Lipinski definition) is 0. The van der Waals surface area contributed by atoms with Gasteiger partial charge in [-0.3, -0.25) is 14.4 Å². The molecule has 0 spiro atoms. The van der Waals surface area contributed by atoms with Crippen molar-refractivity contribution in [1.82, 2.24) is 0 Å². The quantitative estimate of drug-likeness (QED) is 0.0261. The number of hydrogen-bond acceptors (Lipinski definition) is 6. The molecule has 0 aliphatic heterocycles. The molecule has 0 aromatic heterocycles. The predicted molar refractivity (Wildman–Crippen MR) is 316 cm³/mol. The molecule has 0 bridgehead atoms. The normalized spacial score (nSPS) is 12.3. The fourth-order valence-corrected chi connectivity index (χ4v) is 9.51. The van der Waals surface area contributed by atoms with Crippen LogP contribution in [-0.2, 0) is 28.6 Å². The average molecular weight is 1020 g/mol. The molecule has 0 rings (SSSR count). The van der Waals surface area contributed by atoms with Gasteiger partial charge in [-0.15, -0.1) is 0 Å². The first kappa shape index (κ1) is 70.4. The molecule has 426 valence electrons. The summed E-state index contributed by atoms with van der Waals surface area (Å²) in [7, 11) is 0. The molecule has 0 amide bonds. The number of carbonyl (C=O) groups is 3. The van der Waals surface area contributed by atoms with Crippen molar-refractivity contribution >= 4 is 17.9 Å². The fraction of sp³-hybridized carbons (Fsp3) is 0.836. The van der Waals surface area contributed by atoms with Crippen LogP contribution in [0.15, 0.2) is 48.6 Å². The van der Waals surface area contributed by atoms with E-state index >= 15 is 0 Å². The van der Waals surface area contributed by atoms with Crippen LogP contribution in [0.5, 0.6) is 0 Å². The van der Waals surface area contributed by atoms with Crippen molar-refractivity contribution in [3.05, 3.63) is 48.6 Å². The van der Waals surface area contributed by atoms with Gasteiger partial charge in [0.25, 0.3) is 0 Å². The first-order valence-corrected chi connectivity index (χ1v) is 32.1. The van der Waals surface area contributed by atoms with E-state index in [1.807, 2.05) is 0 Å². The van der Waals surface area contributed by atoms with E-state index in [0.717, 1.165) is 96.3 Å². The van der Waals surface area contributed by atoms with Crippen molar-refractivity contribution in [1.29, 1.82) is 0 Å². The zero-order valence-electron chi connectivity index (χ0n) is 48.9. The molecule has 0 saturated carbocycles. The first-order valence-electron chi connectivity index (χ1n) is 32.1. The van der Waals surface area contributed by atoms with Gasteiger partial charge in [-0.05, 0) is 77.0 Å². The Kier molecular flexibility index (Phi) is 59.7. The standard InChI is InChI=1S/C67H122O6/c1-4-7-10-13-16-19-22-25-28-30-32-33-34-35-37-39-42-45-48-51-54-57-60-66(69)72-63-64(62-71-65(68)59-56-53-50-47-44-41-38-27-24-21-18-15-12-9-6-3)73-67(70)61-58-55-52-49-46-43-40-36-31-29-26-23-20-17-14-11-8-5-2/h9,12,18,21,27,29,31,38,64H,4-8,10-11,13-17,19-20,22-26,28,30,32-37,39-63H2,1-3H3/b12-9-,21-18-,31-29-,38-27-. The van der Waals surface area contributed by atoms with Gasteiger partial charge in [-0.1, -0.05) is 294 Å². The molecule has 6 nitrogen and oxygen atoms in total. The van der Waals surface area contributed by atoms with Crippen molar-refractivity contribution in [2.24, 2.45) is 0 Å². The third-order valence-corrected chi connectivity index (χ3v) is 14.3. The van der Waals surface area contributed by atoms with E-state index in [1.165, 1.54) is 205 Å². The molecule has 0 aromatic carbocycles. The summed E-state index contributed by atoms with van der Waals surface area (Å²) in [5.74, 6) is -0.878. The average Bonchev–Trinajstić information content (AvgIpc) is 3.39. The smallest absolute Gasteiger partial charge is 0.306 e. The molecular formula is C67H122O6. The van der Waals surface area contributed by atoms with E-state index in [0.29, 0.717) is 19.3 Å². The van der Waals surface area contributed by atoms with Crippen LogP contribution in [0.25, 0.3) is 0 Å². The molecule has 0 aliphatic carbocycles. The number of unbranched alkanes of at least 4 members (excludes halogenated alkanes) is 40. The molecule has 0 radical (unpaired) electrons. The molecule has 0 aliphatic rings. The maximum absolute atomic E-state index is 12.9. The second-order valence-corrected chi connectivity index (χ2v) is 21.6. The Balaban J connectivity index is 4.32. The Labute approximate surface area is 454 Å². The van der Waals surface area contributed by atoms with E-state index < -0.39 is 6.10 Å². The third-order valence-electron chi connectivity index (χ3n) is 14.3. The maximum atomic E-state index is 12.9. The topological polar surface area (TPSA) is 78.9 Å². The van der Waals surface area contributed by atoms with Crippen LogP contribution < -0.4 is 0 Å². The van der Waals surface area contributed by atoms with Gasteiger partial charge in [0, 0.05) is 19.3 Å². The summed E-state index contributed by atoms with van der Waals surface area (Å²) in [6, 6.07) is 0. The number of esters is 3. The monoisotopic (exact) mass is 1020 g/mol. The molecule has 0 aromatic rings. The molecule has 1 unspecified atom stereocenters. The largest absolute Gasteiger partial charge is 0.462 e. The minimum Gasteiger partial charge on any atom is -0.462 e. The Morgan fingerprint density at radius 1 is 0.288 bits per heavy atom. The highest BCUT2D eigenvalue weighted by Gasteiger charge is 2.19. The number of ether oxygens (including phenoxy) is 3. The van der Waals surface area contributed by atoms with Crippen molar-refractivity contribution in [2.45, 2.75) is 348 Å². The van der Waals surface area contributed by atoms with E-state index in [-0.39, 0.29) is 31.1 Å². The Bertz CT molecular complexity index is 1270. The lowest BCUT2D eigenvalue weighted by Crippen LogP contribution is -2.30. The van der Waals surface area contributed by atoms with Gasteiger partial charge in [0.05, 0.1) is 0 Å². The predicted octanol–water partition coefficient (Wildman–Crippen LogP) is 21.8. The summed E-state index contributed by atoms with van der Waals surface area (Å²) in [5, 5.41) is 0. The molecule has 1 atom stereocenters. The summed E-state index contributed by atoms with van der Waals surface area (Å²) in [5.41, 5.74) is 0. The minimum absolute atomic E-state index is 0.0769. The summed E-state index contributed by atoms with van der Waals surface area (Å²) < 4.78 is 16.9. The molecule has 73 heavy (non-hydrogen) atoms. The number of carbonyl (C=O) groups excluding carboxylic acids is 3. The van der Waals surface area contributed by atoms with Crippen LogP contribution in [0.3, 0.4) is 0 Å². The Hall–Kier alpha value is -2.63. The van der Waals surface area contributed by atoms with Gasteiger partial charge in [0.15, 0.2) is 6.10 Å². The zero-order valence-corrected chi connectivity index (χ0v) is 48.9. The number of allylic oxidation sites excluding steroid dienone is 8. The Morgan fingerprint density at radius 3 is 0.849 bits per heavy atom. The molecule has 0 saturated heterocycles. The van der Waals surface area contributed by atoms with Crippen LogP contribution in [0.1, 0.15) is 342 Å². The Morgan fingerprint density at radius 2 is 0.534 bits per heavy atom. The van der Waals surface area contributed by atoms with E-state index in [2.05, 4.69) is 69.4 Å². The summed E-state index contributed by atoms with van der Waals surface area (Å²) in [6.45, 7) is 6.57. The molecular weight excluding hydrogens is 901 g/mol. The van der Waals surface area contributed by atoms with Crippen LogP contribution in [0.2, 0.25) is 0 Å². The van der Waals surface area contributed by atoms with Gasteiger partial charge in [0.2, 0.25) is 0 Å². The lowest BCUT2D eigenvalue weighted by atomic mass is 10.0. The van der Waals surface area contributed by atoms with E-state index in [4.69, 9.17) is 14.2 Å². The number of rotatable bonds is 59. The van der Waals surface area contributed by atoms with Crippen LogP contribution in [-0.4, -0.2) is 37.2 Å². The molecule has 0 heterocycles. The highest BCUT2D eigenvalue weighted by Crippen LogP contribution is 2.17. The maximum Gasteiger partial charge on any atom is 0.306 e.